The Labute approximate surface area is 140 Å². The summed E-state index contributed by atoms with van der Waals surface area (Å²) >= 11 is 3.31. The number of hydrogen-bond acceptors (Lipinski definition) is 4. The Balaban J connectivity index is 2.18. The molecular weight excluding hydrogens is 366 g/mol. The van der Waals surface area contributed by atoms with Crippen LogP contribution in [0.5, 0.6) is 5.75 Å². The number of non-ortho nitro benzene ring substituents is 1. The molecule has 0 aliphatic rings. The third-order valence-corrected chi connectivity index (χ3v) is 3.39. The topological polar surface area (TPSA) is 89.7 Å². The minimum absolute atomic E-state index is 0.00657. The van der Waals surface area contributed by atoms with Gasteiger partial charge in [-0.25, -0.2) is 4.79 Å². The maximum atomic E-state index is 10.8. The van der Waals surface area contributed by atoms with Crippen molar-refractivity contribution >= 4 is 33.7 Å². The fraction of sp³-hybridized carbons (Fsp3) is 0.0625. The zero-order chi connectivity index (χ0) is 16.8. The van der Waals surface area contributed by atoms with Crippen LogP contribution >= 0.6 is 15.9 Å². The Hall–Kier alpha value is -2.67. The molecule has 6 nitrogen and oxygen atoms in total. The van der Waals surface area contributed by atoms with Gasteiger partial charge in [-0.05, 0) is 29.8 Å². The van der Waals surface area contributed by atoms with E-state index in [1.807, 2.05) is 0 Å². The maximum absolute atomic E-state index is 10.8. The number of carboxylic acids is 1. The van der Waals surface area contributed by atoms with E-state index in [-0.39, 0.29) is 12.3 Å². The molecule has 118 valence electrons. The van der Waals surface area contributed by atoms with E-state index in [1.54, 1.807) is 30.3 Å². The molecule has 0 radical (unpaired) electrons. The fourth-order valence-electron chi connectivity index (χ4n) is 1.86. The van der Waals surface area contributed by atoms with Crippen molar-refractivity contribution in [2.45, 2.75) is 6.61 Å². The van der Waals surface area contributed by atoms with E-state index in [9.17, 15) is 14.9 Å². The van der Waals surface area contributed by atoms with E-state index < -0.39 is 10.9 Å². The zero-order valence-corrected chi connectivity index (χ0v) is 13.4. The van der Waals surface area contributed by atoms with Crippen LogP contribution in [0.3, 0.4) is 0 Å². The van der Waals surface area contributed by atoms with Crippen molar-refractivity contribution in [3.05, 3.63) is 74.3 Å². The Morgan fingerprint density at radius 1 is 1.30 bits per heavy atom. The van der Waals surface area contributed by atoms with Crippen LogP contribution in [0.4, 0.5) is 5.69 Å². The largest absolute Gasteiger partial charge is 0.488 e. The smallest absolute Gasteiger partial charge is 0.328 e. The molecule has 0 aliphatic carbocycles. The van der Waals surface area contributed by atoms with Crippen molar-refractivity contribution in [1.29, 1.82) is 0 Å². The third kappa shape index (κ3) is 4.93. The van der Waals surface area contributed by atoms with Gasteiger partial charge < -0.3 is 9.84 Å². The summed E-state index contributed by atoms with van der Waals surface area (Å²) in [4.78, 5) is 20.9. The summed E-state index contributed by atoms with van der Waals surface area (Å²) in [5, 5.41) is 19.5. The van der Waals surface area contributed by atoms with Crippen LogP contribution in [-0.4, -0.2) is 16.0 Å². The van der Waals surface area contributed by atoms with Gasteiger partial charge in [0.05, 0.1) is 4.92 Å². The second kappa shape index (κ2) is 7.55. The zero-order valence-electron chi connectivity index (χ0n) is 11.8. The van der Waals surface area contributed by atoms with Crippen molar-refractivity contribution < 1.29 is 19.6 Å². The van der Waals surface area contributed by atoms with E-state index >= 15 is 0 Å². The number of ether oxygens (including phenoxy) is 1. The van der Waals surface area contributed by atoms with Crippen LogP contribution in [0.2, 0.25) is 0 Å². The predicted molar refractivity (Wildman–Crippen MR) is 88.2 cm³/mol. The molecule has 7 heteroatoms. The molecule has 2 aromatic carbocycles. The second-order valence-corrected chi connectivity index (χ2v) is 5.49. The number of halogens is 1. The number of rotatable bonds is 6. The minimum Gasteiger partial charge on any atom is -0.488 e. The molecule has 0 bridgehead atoms. The van der Waals surface area contributed by atoms with Gasteiger partial charge in [-0.3, -0.25) is 10.1 Å². The lowest BCUT2D eigenvalue weighted by Gasteiger charge is -2.10. The highest BCUT2D eigenvalue weighted by Crippen LogP contribution is 2.26. The summed E-state index contributed by atoms with van der Waals surface area (Å²) in [6, 6.07) is 11.3. The van der Waals surface area contributed by atoms with Crippen molar-refractivity contribution in [2.24, 2.45) is 0 Å². The number of aliphatic carboxylic acids is 1. The van der Waals surface area contributed by atoms with Gasteiger partial charge in [0.15, 0.2) is 0 Å². The first-order valence-corrected chi connectivity index (χ1v) is 7.31. The number of benzene rings is 2. The molecule has 0 aromatic heterocycles. The fourth-order valence-corrected chi connectivity index (χ4v) is 2.24. The van der Waals surface area contributed by atoms with Gasteiger partial charge >= 0.3 is 5.97 Å². The molecule has 23 heavy (non-hydrogen) atoms. The number of hydrogen-bond donors (Lipinski definition) is 1. The van der Waals surface area contributed by atoms with Gasteiger partial charge in [0, 0.05) is 28.2 Å². The van der Waals surface area contributed by atoms with Crippen LogP contribution in [0.1, 0.15) is 11.1 Å². The Morgan fingerprint density at radius 3 is 2.78 bits per heavy atom. The van der Waals surface area contributed by atoms with Gasteiger partial charge in [0.2, 0.25) is 0 Å². The van der Waals surface area contributed by atoms with Crippen LogP contribution in [-0.2, 0) is 11.4 Å². The van der Waals surface area contributed by atoms with Crippen LogP contribution in [0.25, 0.3) is 6.08 Å². The Morgan fingerprint density at radius 2 is 2.09 bits per heavy atom. The van der Waals surface area contributed by atoms with Gasteiger partial charge in [0.25, 0.3) is 5.69 Å². The lowest BCUT2D eigenvalue weighted by Crippen LogP contribution is -1.98. The highest BCUT2D eigenvalue weighted by molar-refractivity contribution is 9.10. The monoisotopic (exact) mass is 377 g/mol. The minimum atomic E-state index is -1.06. The van der Waals surface area contributed by atoms with E-state index in [0.717, 1.165) is 10.5 Å². The van der Waals surface area contributed by atoms with Crippen LogP contribution < -0.4 is 4.74 Å². The number of nitro benzene ring substituents is 1. The molecule has 2 aromatic rings. The molecule has 0 unspecified atom stereocenters. The molecule has 0 heterocycles. The highest BCUT2D eigenvalue weighted by Gasteiger charge is 2.07. The number of nitro groups is 1. The first-order chi connectivity index (χ1) is 11.0. The van der Waals surface area contributed by atoms with Gasteiger partial charge in [0.1, 0.15) is 12.4 Å². The summed E-state index contributed by atoms with van der Waals surface area (Å²) in [7, 11) is 0. The van der Waals surface area contributed by atoms with Gasteiger partial charge in [-0.1, -0.05) is 28.1 Å². The molecule has 0 aliphatic heterocycles. The average Bonchev–Trinajstić information content (AvgIpc) is 2.52. The normalized spacial score (nSPS) is 10.7. The molecule has 0 saturated carbocycles. The molecule has 0 atom stereocenters. The Bertz CT molecular complexity index is 773. The van der Waals surface area contributed by atoms with E-state index in [2.05, 4.69) is 15.9 Å². The predicted octanol–water partition coefficient (Wildman–Crippen LogP) is 4.03. The second-order valence-electron chi connectivity index (χ2n) is 4.57. The highest BCUT2D eigenvalue weighted by atomic mass is 79.9. The quantitative estimate of drug-likeness (QED) is 0.466. The summed E-state index contributed by atoms with van der Waals surface area (Å²) in [6.45, 7) is 0.136. The van der Waals surface area contributed by atoms with Crippen molar-refractivity contribution in [3.63, 3.8) is 0 Å². The standard InChI is InChI=1S/C16H12BrNO5/c17-13-5-6-15(12(9-13)4-7-16(19)20)23-10-11-2-1-3-14(8-11)18(21)22/h1-9H,10H2,(H,19,20)/b7-4+. The lowest BCUT2D eigenvalue weighted by molar-refractivity contribution is -0.384. The van der Waals surface area contributed by atoms with Crippen molar-refractivity contribution in [3.8, 4) is 5.75 Å². The van der Waals surface area contributed by atoms with Crippen molar-refractivity contribution in [1.82, 2.24) is 0 Å². The molecule has 0 spiro atoms. The van der Waals surface area contributed by atoms with Crippen LogP contribution in [0, 0.1) is 10.1 Å². The van der Waals surface area contributed by atoms with Gasteiger partial charge in [-0.2, -0.15) is 0 Å². The SMILES string of the molecule is O=C(O)/C=C/c1cc(Br)ccc1OCc1cccc([N+](=O)[O-])c1. The van der Waals surface area contributed by atoms with Gasteiger partial charge in [-0.15, -0.1) is 0 Å². The Kier molecular flexibility index (Phi) is 5.48. The molecule has 0 fully saturated rings. The third-order valence-electron chi connectivity index (χ3n) is 2.89. The summed E-state index contributed by atoms with van der Waals surface area (Å²) in [6.07, 6.45) is 2.44. The van der Waals surface area contributed by atoms with E-state index in [1.165, 1.54) is 18.2 Å². The summed E-state index contributed by atoms with van der Waals surface area (Å²) < 4.78 is 6.44. The first-order valence-electron chi connectivity index (χ1n) is 6.52. The van der Waals surface area contributed by atoms with Crippen molar-refractivity contribution in [2.75, 3.05) is 0 Å². The first kappa shape index (κ1) is 16.7. The van der Waals surface area contributed by atoms with Crippen LogP contribution in [0.15, 0.2) is 53.0 Å². The number of carboxylic acid groups (broad SMARTS) is 1. The number of carbonyl (C=O) groups is 1. The van der Waals surface area contributed by atoms with E-state index in [4.69, 9.17) is 9.84 Å². The lowest BCUT2D eigenvalue weighted by atomic mass is 10.2. The molecule has 0 amide bonds. The molecule has 1 N–H and O–H groups in total. The molecule has 0 saturated heterocycles. The molecule has 2 rings (SSSR count). The average molecular weight is 378 g/mol. The summed E-state index contributed by atoms with van der Waals surface area (Å²) in [5.74, 6) is -0.577. The summed E-state index contributed by atoms with van der Waals surface area (Å²) in [5.41, 5.74) is 1.23. The molecular formula is C16H12BrNO5. The van der Waals surface area contributed by atoms with E-state index in [0.29, 0.717) is 16.9 Å². The maximum Gasteiger partial charge on any atom is 0.328 e. The number of nitrogens with zero attached hydrogens (tertiary/aromatic N) is 1.